The van der Waals surface area contributed by atoms with E-state index >= 15 is 0 Å². The molecule has 0 spiro atoms. The van der Waals surface area contributed by atoms with Crippen LogP contribution >= 0.6 is 0 Å². The predicted molar refractivity (Wildman–Crippen MR) is 64.0 cm³/mol. The monoisotopic (exact) mass is 288 g/mol. The van der Waals surface area contributed by atoms with Gasteiger partial charge in [0.15, 0.2) is 0 Å². The van der Waals surface area contributed by atoms with Crippen LogP contribution < -0.4 is 5.32 Å². The van der Waals surface area contributed by atoms with Gasteiger partial charge in [0, 0.05) is 5.69 Å². The highest BCUT2D eigenvalue weighted by Gasteiger charge is 2.34. The Morgan fingerprint density at radius 2 is 1.95 bits per heavy atom. The number of anilines is 1. The third-order valence-electron chi connectivity index (χ3n) is 2.63. The molecule has 0 fully saturated rings. The van der Waals surface area contributed by atoms with Gasteiger partial charge < -0.3 is 5.32 Å². The number of amides is 1. The van der Waals surface area contributed by atoms with Crippen LogP contribution in [0.1, 0.15) is 19.4 Å². The third kappa shape index (κ3) is 3.70. The van der Waals surface area contributed by atoms with Crippen LogP contribution in [0.3, 0.4) is 0 Å². The molecule has 20 heavy (non-hydrogen) atoms. The second kappa shape index (κ2) is 5.90. The zero-order chi connectivity index (χ0) is 15.5. The molecule has 1 N–H and O–H groups in total. The van der Waals surface area contributed by atoms with Gasteiger partial charge in [0.1, 0.15) is 11.7 Å². The van der Waals surface area contributed by atoms with Crippen molar-refractivity contribution < 1.29 is 22.4 Å². The van der Waals surface area contributed by atoms with Crippen LogP contribution in [0.15, 0.2) is 18.2 Å². The van der Waals surface area contributed by atoms with Crippen LogP contribution in [-0.2, 0) is 11.0 Å². The van der Waals surface area contributed by atoms with E-state index in [9.17, 15) is 22.4 Å². The molecule has 1 aromatic carbocycles. The molecule has 0 aliphatic carbocycles. The SMILES string of the molecule is CC(C)C(C#N)C(=O)Nc1ccc(F)c(C(F)(F)F)c1. The number of nitrogens with zero attached hydrogens (tertiary/aromatic N) is 1. The molecule has 0 bridgehead atoms. The van der Waals surface area contributed by atoms with Gasteiger partial charge in [0.2, 0.25) is 5.91 Å². The van der Waals surface area contributed by atoms with Crippen molar-refractivity contribution in [3.8, 4) is 6.07 Å². The van der Waals surface area contributed by atoms with E-state index in [4.69, 9.17) is 5.26 Å². The van der Waals surface area contributed by atoms with Crippen LogP contribution in [0.5, 0.6) is 0 Å². The molecule has 0 saturated carbocycles. The molecule has 0 saturated heterocycles. The first-order chi connectivity index (χ1) is 9.16. The lowest BCUT2D eigenvalue weighted by atomic mass is 9.96. The summed E-state index contributed by atoms with van der Waals surface area (Å²) in [5.41, 5.74) is -1.67. The Bertz CT molecular complexity index is 546. The number of carbonyl (C=O) groups excluding carboxylic acids is 1. The smallest absolute Gasteiger partial charge is 0.325 e. The van der Waals surface area contributed by atoms with Crippen LogP contribution in [0, 0.1) is 29.0 Å². The number of carbonyl (C=O) groups is 1. The molecule has 7 heteroatoms. The summed E-state index contributed by atoms with van der Waals surface area (Å²) in [5.74, 6) is -3.42. The maximum atomic E-state index is 13.1. The van der Waals surface area contributed by atoms with E-state index in [-0.39, 0.29) is 11.6 Å². The number of alkyl halides is 3. The van der Waals surface area contributed by atoms with Gasteiger partial charge in [-0.15, -0.1) is 0 Å². The Morgan fingerprint density at radius 1 is 1.35 bits per heavy atom. The quantitative estimate of drug-likeness (QED) is 0.864. The molecule has 0 aliphatic rings. The Labute approximate surface area is 113 Å². The zero-order valence-electron chi connectivity index (χ0n) is 10.8. The highest BCUT2D eigenvalue weighted by molar-refractivity contribution is 5.94. The maximum Gasteiger partial charge on any atom is 0.419 e. The van der Waals surface area contributed by atoms with E-state index in [0.29, 0.717) is 12.1 Å². The molecule has 1 atom stereocenters. The van der Waals surface area contributed by atoms with Crippen molar-refractivity contribution in [2.75, 3.05) is 5.32 Å². The summed E-state index contributed by atoms with van der Waals surface area (Å²) in [6.07, 6.45) is -4.85. The molecule has 0 aromatic heterocycles. The van der Waals surface area contributed by atoms with E-state index in [1.807, 2.05) is 0 Å². The summed E-state index contributed by atoms with van der Waals surface area (Å²) < 4.78 is 50.6. The number of benzene rings is 1. The van der Waals surface area contributed by atoms with Crippen molar-refractivity contribution in [1.82, 2.24) is 0 Å². The average Bonchev–Trinajstić information content (AvgIpc) is 2.30. The van der Waals surface area contributed by atoms with Crippen molar-refractivity contribution >= 4 is 11.6 Å². The molecule has 0 radical (unpaired) electrons. The van der Waals surface area contributed by atoms with Gasteiger partial charge in [0.25, 0.3) is 0 Å². The van der Waals surface area contributed by atoms with Gasteiger partial charge in [-0.05, 0) is 24.1 Å². The Balaban J connectivity index is 3.01. The topological polar surface area (TPSA) is 52.9 Å². The molecule has 108 valence electrons. The van der Waals surface area contributed by atoms with Gasteiger partial charge in [0.05, 0.1) is 11.6 Å². The fraction of sp³-hybridized carbons (Fsp3) is 0.385. The molecule has 1 unspecified atom stereocenters. The number of halogens is 4. The van der Waals surface area contributed by atoms with Crippen molar-refractivity contribution in [2.24, 2.45) is 11.8 Å². The molecule has 1 rings (SSSR count). The number of rotatable bonds is 3. The standard InChI is InChI=1S/C13H12F4N2O/c1-7(2)9(6-18)12(20)19-8-3-4-11(14)10(5-8)13(15,16)17/h3-5,7,9H,1-2H3,(H,19,20). The van der Waals surface area contributed by atoms with Crippen molar-refractivity contribution in [3.05, 3.63) is 29.6 Å². The highest BCUT2D eigenvalue weighted by atomic mass is 19.4. The first-order valence-corrected chi connectivity index (χ1v) is 5.74. The summed E-state index contributed by atoms with van der Waals surface area (Å²) in [5, 5.41) is 11.0. The Hall–Kier alpha value is -2.10. The first kappa shape index (κ1) is 16.0. The normalized spacial score (nSPS) is 12.9. The van der Waals surface area contributed by atoms with Gasteiger partial charge in [-0.1, -0.05) is 13.8 Å². The lowest BCUT2D eigenvalue weighted by molar-refractivity contribution is -0.140. The van der Waals surface area contributed by atoms with Gasteiger partial charge in [-0.3, -0.25) is 4.79 Å². The predicted octanol–water partition coefficient (Wildman–Crippen LogP) is 3.58. The molecule has 0 heterocycles. The lowest BCUT2D eigenvalue weighted by Gasteiger charge is -2.14. The minimum absolute atomic E-state index is 0.204. The molecular formula is C13H12F4N2O. The minimum Gasteiger partial charge on any atom is -0.325 e. The fourth-order valence-corrected chi connectivity index (χ4v) is 1.55. The van der Waals surface area contributed by atoms with Crippen LogP contribution in [-0.4, -0.2) is 5.91 Å². The molecule has 1 amide bonds. The van der Waals surface area contributed by atoms with Crippen molar-refractivity contribution in [2.45, 2.75) is 20.0 Å². The zero-order valence-corrected chi connectivity index (χ0v) is 10.8. The third-order valence-corrected chi connectivity index (χ3v) is 2.63. The van der Waals surface area contributed by atoms with Gasteiger partial charge in [-0.2, -0.15) is 18.4 Å². The first-order valence-electron chi connectivity index (χ1n) is 5.74. The second-order valence-corrected chi connectivity index (χ2v) is 4.53. The van der Waals surface area contributed by atoms with E-state index in [2.05, 4.69) is 5.32 Å². The summed E-state index contributed by atoms with van der Waals surface area (Å²) in [6, 6.07) is 3.90. The van der Waals surface area contributed by atoms with Crippen LogP contribution in [0.4, 0.5) is 23.2 Å². The Kier molecular flexibility index (Phi) is 4.71. The van der Waals surface area contributed by atoms with E-state index in [0.717, 1.165) is 6.07 Å². The van der Waals surface area contributed by atoms with E-state index in [1.165, 1.54) is 0 Å². The summed E-state index contributed by atoms with van der Waals surface area (Å²) in [6.45, 7) is 3.28. The Morgan fingerprint density at radius 3 is 2.40 bits per heavy atom. The van der Waals surface area contributed by atoms with Crippen LogP contribution in [0.25, 0.3) is 0 Å². The lowest BCUT2D eigenvalue weighted by Crippen LogP contribution is -2.25. The van der Waals surface area contributed by atoms with Crippen molar-refractivity contribution in [3.63, 3.8) is 0 Å². The second-order valence-electron chi connectivity index (χ2n) is 4.53. The molecule has 0 aliphatic heterocycles. The van der Waals surface area contributed by atoms with Gasteiger partial charge in [-0.25, -0.2) is 4.39 Å². The minimum atomic E-state index is -4.85. The summed E-state index contributed by atoms with van der Waals surface area (Å²) >= 11 is 0. The van der Waals surface area contributed by atoms with Crippen molar-refractivity contribution in [1.29, 1.82) is 5.26 Å². The average molecular weight is 288 g/mol. The van der Waals surface area contributed by atoms with Crippen LogP contribution in [0.2, 0.25) is 0 Å². The number of hydrogen-bond acceptors (Lipinski definition) is 2. The maximum absolute atomic E-state index is 13.1. The van der Waals surface area contributed by atoms with E-state index < -0.39 is 29.4 Å². The molecule has 3 nitrogen and oxygen atoms in total. The van der Waals surface area contributed by atoms with E-state index in [1.54, 1.807) is 19.9 Å². The summed E-state index contributed by atoms with van der Waals surface area (Å²) in [7, 11) is 0. The number of nitriles is 1. The summed E-state index contributed by atoms with van der Waals surface area (Å²) in [4.78, 5) is 11.7. The fourth-order valence-electron chi connectivity index (χ4n) is 1.55. The van der Waals surface area contributed by atoms with Gasteiger partial charge >= 0.3 is 6.18 Å². The number of nitrogens with one attached hydrogen (secondary N) is 1. The molecule has 1 aromatic rings. The highest BCUT2D eigenvalue weighted by Crippen LogP contribution is 2.33. The number of hydrogen-bond donors (Lipinski definition) is 1. The largest absolute Gasteiger partial charge is 0.419 e. The molecular weight excluding hydrogens is 276 g/mol.